The Kier molecular flexibility index (Phi) is 1.81. The molecule has 1 saturated carbocycles. The van der Waals surface area contributed by atoms with Crippen LogP contribution in [0, 0.1) is 0 Å². The van der Waals surface area contributed by atoms with Gasteiger partial charge in [0.25, 0.3) is 0 Å². The van der Waals surface area contributed by atoms with Gasteiger partial charge in [0, 0.05) is 0 Å². The molecule has 1 aromatic rings. The van der Waals surface area contributed by atoms with Crippen LogP contribution >= 0.6 is 15.9 Å². The van der Waals surface area contributed by atoms with Crippen LogP contribution in [-0.2, 0) is 5.41 Å². The first kappa shape index (κ1) is 8.32. The summed E-state index contributed by atoms with van der Waals surface area (Å²) < 4.78 is 6.17. The fourth-order valence-electron chi connectivity index (χ4n) is 1.59. The van der Waals surface area contributed by atoms with E-state index in [4.69, 9.17) is 4.42 Å². The van der Waals surface area contributed by atoms with Gasteiger partial charge < -0.3 is 9.52 Å². The van der Waals surface area contributed by atoms with Gasteiger partial charge in [-0.2, -0.15) is 0 Å². The number of furan rings is 1. The normalized spacial score (nSPS) is 22.2. The van der Waals surface area contributed by atoms with E-state index in [1.165, 1.54) is 0 Å². The summed E-state index contributed by atoms with van der Waals surface area (Å²) in [6.45, 7) is 1.82. The second-order valence-corrected chi connectivity index (χ2v) is 4.22. The Hall–Kier alpha value is -0.280. The van der Waals surface area contributed by atoms with Crippen molar-refractivity contribution in [1.82, 2.24) is 0 Å². The molecule has 3 heteroatoms. The molecule has 1 heterocycles. The van der Waals surface area contributed by atoms with Gasteiger partial charge in [-0.1, -0.05) is 0 Å². The third-order valence-electron chi connectivity index (χ3n) is 2.65. The Bertz CT molecular complexity index is 286. The van der Waals surface area contributed by atoms with Crippen molar-refractivity contribution < 1.29 is 9.52 Å². The van der Waals surface area contributed by atoms with Crippen LogP contribution in [0.15, 0.2) is 21.2 Å². The van der Waals surface area contributed by atoms with Gasteiger partial charge in [0.2, 0.25) is 0 Å². The highest BCUT2D eigenvalue weighted by Gasteiger charge is 2.51. The van der Waals surface area contributed by atoms with E-state index in [0.29, 0.717) is 0 Å². The predicted molar refractivity (Wildman–Crippen MR) is 49.0 cm³/mol. The molecule has 0 aliphatic heterocycles. The first-order valence-corrected chi connectivity index (χ1v) is 4.88. The van der Waals surface area contributed by atoms with E-state index in [-0.39, 0.29) is 11.5 Å². The van der Waals surface area contributed by atoms with Gasteiger partial charge in [-0.05, 0) is 47.8 Å². The average Bonchev–Trinajstić information content (AvgIpc) is 2.71. The molecule has 1 aromatic heterocycles. The van der Waals surface area contributed by atoms with Crippen LogP contribution in [0.1, 0.15) is 25.5 Å². The number of hydrogen-bond donors (Lipinski definition) is 1. The van der Waals surface area contributed by atoms with Gasteiger partial charge in [0.1, 0.15) is 5.76 Å². The van der Waals surface area contributed by atoms with Crippen molar-refractivity contribution in [1.29, 1.82) is 0 Å². The zero-order valence-corrected chi connectivity index (χ0v) is 8.47. The minimum Gasteiger partial charge on any atom is -0.454 e. The maximum Gasteiger partial charge on any atom is 0.169 e. The Balaban J connectivity index is 2.30. The third kappa shape index (κ3) is 1.12. The molecule has 2 nitrogen and oxygen atoms in total. The van der Waals surface area contributed by atoms with Gasteiger partial charge >= 0.3 is 0 Å². The first-order chi connectivity index (χ1) is 5.65. The van der Waals surface area contributed by atoms with Crippen molar-refractivity contribution in [2.45, 2.75) is 31.3 Å². The van der Waals surface area contributed by atoms with Crippen LogP contribution in [0.5, 0.6) is 0 Å². The van der Waals surface area contributed by atoms with E-state index >= 15 is 0 Å². The number of aliphatic hydroxyl groups is 1. The fourth-order valence-corrected chi connectivity index (χ4v) is 1.89. The molecular weight excluding hydrogens is 220 g/mol. The summed E-state index contributed by atoms with van der Waals surface area (Å²) in [6.07, 6.45) is 1.76. The molecule has 12 heavy (non-hydrogen) atoms. The Morgan fingerprint density at radius 2 is 2.25 bits per heavy atom. The highest BCUT2D eigenvalue weighted by molar-refractivity contribution is 9.10. The summed E-state index contributed by atoms with van der Waals surface area (Å²) in [6, 6.07) is 3.81. The van der Waals surface area contributed by atoms with E-state index in [9.17, 15) is 5.11 Å². The molecule has 0 radical (unpaired) electrons. The lowest BCUT2D eigenvalue weighted by atomic mass is 9.98. The fraction of sp³-hybridized carbons (Fsp3) is 0.556. The van der Waals surface area contributed by atoms with Crippen LogP contribution < -0.4 is 0 Å². The molecule has 1 unspecified atom stereocenters. The van der Waals surface area contributed by atoms with Crippen molar-refractivity contribution in [3.63, 3.8) is 0 Å². The molecule has 1 aliphatic rings. The minimum atomic E-state index is -0.310. The second kappa shape index (κ2) is 2.60. The third-order valence-corrected chi connectivity index (χ3v) is 3.08. The van der Waals surface area contributed by atoms with E-state index in [2.05, 4.69) is 15.9 Å². The molecule has 1 N–H and O–H groups in total. The first-order valence-electron chi connectivity index (χ1n) is 4.09. The number of hydrogen-bond acceptors (Lipinski definition) is 2. The zero-order valence-electron chi connectivity index (χ0n) is 6.88. The van der Waals surface area contributed by atoms with Gasteiger partial charge in [0.05, 0.1) is 11.5 Å². The lowest BCUT2D eigenvalue weighted by molar-refractivity contribution is 0.138. The molecule has 1 atom stereocenters. The predicted octanol–water partition coefficient (Wildman–Crippen LogP) is 2.45. The topological polar surface area (TPSA) is 33.4 Å². The van der Waals surface area contributed by atoms with Gasteiger partial charge in [-0.15, -0.1) is 0 Å². The van der Waals surface area contributed by atoms with E-state index in [0.717, 1.165) is 23.3 Å². The summed E-state index contributed by atoms with van der Waals surface area (Å²) in [5.41, 5.74) is -0.0774. The van der Waals surface area contributed by atoms with Crippen LogP contribution in [0.3, 0.4) is 0 Å². The molecule has 2 rings (SSSR count). The number of halogens is 1. The molecule has 0 aromatic carbocycles. The highest BCUT2D eigenvalue weighted by atomic mass is 79.9. The lowest BCUT2D eigenvalue weighted by Crippen LogP contribution is -2.21. The number of aliphatic hydroxyl groups excluding tert-OH is 1. The second-order valence-electron chi connectivity index (χ2n) is 3.44. The maximum absolute atomic E-state index is 9.53. The van der Waals surface area contributed by atoms with Crippen LogP contribution in [0.2, 0.25) is 0 Å². The van der Waals surface area contributed by atoms with Crippen molar-refractivity contribution >= 4 is 15.9 Å². The van der Waals surface area contributed by atoms with Crippen molar-refractivity contribution in [3.8, 4) is 0 Å². The minimum absolute atomic E-state index is 0.0774. The van der Waals surface area contributed by atoms with Crippen molar-refractivity contribution in [2.75, 3.05) is 0 Å². The number of rotatable bonds is 2. The monoisotopic (exact) mass is 230 g/mol. The van der Waals surface area contributed by atoms with Crippen molar-refractivity contribution in [3.05, 3.63) is 22.6 Å². The summed E-state index contributed by atoms with van der Waals surface area (Å²) in [4.78, 5) is 0. The molecule has 0 bridgehead atoms. The quantitative estimate of drug-likeness (QED) is 0.847. The molecule has 66 valence electrons. The van der Waals surface area contributed by atoms with E-state index in [1.807, 2.05) is 19.1 Å². The SMILES string of the molecule is CC(O)C1(c2ccc(Br)o2)CC1. The Labute approximate surface area is 79.7 Å². The molecule has 0 amide bonds. The summed E-state index contributed by atoms with van der Waals surface area (Å²) >= 11 is 3.25. The molecule has 1 fully saturated rings. The Morgan fingerprint density at radius 3 is 2.58 bits per heavy atom. The summed E-state index contributed by atoms with van der Waals surface area (Å²) in [5, 5.41) is 9.53. The molecule has 0 spiro atoms. The van der Waals surface area contributed by atoms with E-state index < -0.39 is 0 Å². The van der Waals surface area contributed by atoms with Crippen LogP contribution in [0.25, 0.3) is 0 Å². The Morgan fingerprint density at radius 1 is 1.58 bits per heavy atom. The van der Waals surface area contributed by atoms with Gasteiger partial charge in [-0.3, -0.25) is 0 Å². The average molecular weight is 231 g/mol. The smallest absolute Gasteiger partial charge is 0.169 e. The summed E-state index contributed by atoms with van der Waals surface area (Å²) in [5.74, 6) is 0.907. The molecular formula is C9H11BrO2. The van der Waals surface area contributed by atoms with Crippen LogP contribution in [-0.4, -0.2) is 11.2 Å². The van der Waals surface area contributed by atoms with Crippen molar-refractivity contribution in [2.24, 2.45) is 0 Å². The largest absolute Gasteiger partial charge is 0.454 e. The lowest BCUT2D eigenvalue weighted by Gasteiger charge is -2.14. The summed E-state index contributed by atoms with van der Waals surface area (Å²) in [7, 11) is 0. The molecule has 0 saturated heterocycles. The van der Waals surface area contributed by atoms with Crippen LogP contribution in [0.4, 0.5) is 0 Å². The highest BCUT2D eigenvalue weighted by Crippen LogP contribution is 2.51. The maximum atomic E-state index is 9.53. The van der Waals surface area contributed by atoms with E-state index in [1.54, 1.807) is 0 Å². The molecule has 1 aliphatic carbocycles. The zero-order chi connectivity index (χ0) is 8.77. The standard InChI is InChI=1S/C9H11BrO2/c1-6(11)9(4-5-9)7-2-3-8(10)12-7/h2-3,6,11H,4-5H2,1H3. The van der Waals surface area contributed by atoms with Gasteiger partial charge in [-0.25, -0.2) is 0 Å². The van der Waals surface area contributed by atoms with Gasteiger partial charge in [0.15, 0.2) is 4.67 Å².